The molecule has 0 aromatic heterocycles. The van der Waals surface area contributed by atoms with Crippen LogP contribution in [0.5, 0.6) is 5.75 Å². The zero-order chi connectivity index (χ0) is 15.5. The third kappa shape index (κ3) is 3.74. The second kappa shape index (κ2) is 6.15. The van der Waals surface area contributed by atoms with Crippen molar-refractivity contribution in [3.63, 3.8) is 0 Å². The van der Waals surface area contributed by atoms with E-state index in [-0.39, 0.29) is 11.4 Å². The van der Waals surface area contributed by atoms with Crippen LogP contribution in [0, 0.1) is 6.92 Å². The molecule has 0 unspecified atom stereocenters. The van der Waals surface area contributed by atoms with Crippen LogP contribution in [0.2, 0.25) is 0 Å². The van der Waals surface area contributed by atoms with Gasteiger partial charge in [-0.3, -0.25) is 0 Å². The van der Waals surface area contributed by atoms with Gasteiger partial charge < -0.3 is 10.5 Å². The van der Waals surface area contributed by atoms with Gasteiger partial charge in [0.05, 0.1) is 12.0 Å². The van der Waals surface area contributed by atoms with Crippen LogP contribution >= 0.6 is 0 Å². The molecule has 0 aliphatic rings. The summed E-state index contributed by atoms with van der Waals surface area (Å²) in [6.07, 6.45) is 0. The number of nitrogens with one attached hydrogen (secondary N) is 1. The minimum absolute atomic E-state index is 0.216. The topological polar surface area (TPSA) is 81.4 Å². The lowest BCUT2D eigenvalue weighted by Gasteiger charge is -2.10. The summed E-state index contributed by atoms with van der Waals surface area (Å²) in [6.45, 7) is 1.95. The second-order valence-electron chi connectivity index (χ2n) is 4.70. The predicted octanol–water partition coefficient (Wildman–Crippen LogP) is 2.06. The Labute approximate surface area is 124 Å². The molecule has 0 saturated carbocycles. The SMILES string of the molecule is COc1ccc(S(=O)(=O)NCc2ccc(N)cc2)c(C)c1. The summed E-state index contributed by atoms with van der Waals surface area (Å²) in [7, 11) is -2.02. The van der Waals surface area contributed by atoms with Gasteiger partial charge in [0, 0.05) is 12.2 Å². The van der Waals surface area contributed by atoms with Gasteiger partial charge in [-0.1, -0.05) is 12.1 Å². The van der Waals surface area contributed by atoms with Gasteiger partial charge in [-0.2, -0.15) is 0 Å². The predicted molar refractivity (Wildman–Crippen MR) is 82.6 cm³/mol. The molecule has 2 rings (SSSR count). The van der Waals surface area contributed by atoms with Crippen molar-refractivity contribution in [3.8, 4) is 5.75 Å². The molecule has 0 amide bonds. The molecule has 0 aliphatic carbocycles. The Hall–Kier alpha value is -2.05. The Morgan fingerprint density at radius 1 is 1.14 bits per heavy atom. The molecule has 0 fully saturated rings. The van der Waals surface area contributed by atoms with E-state index in [1.807, 2.05) is 0 Å². The van der Waals surface area contributed by atoms with Crippen LogP contribution in [-0.4, -0.2) is 15.5 Å². The summed E-state index contributed by atoms with van der Waals surface area (Å²) in [5, 5.41) is 0. The highest BCUT2D eigenvalue weighted by molar-refractivity contribution is 7.89. The molecule has 0 spiro atoms. The molecule has 2 aromatic rings. The average molecular weight is 306 g/mol. The molecule has 0 radical (unpaired) electrons. The molecular weight excluding hydrogens is 288 g/mol. The van der Waals surface area contributed by atoms with Crippen molar-refractivity contribution in [2.24, 2.45) is 0 Å². The summed E-state index contributed by atoms with van der Waals surface area (Å²) in [5.74, 6) is 0.630. The van der Waals surface area contributed by atoms with Gasteiger partial charge >= 0.3 is 0 Å². The first-order valence-electron chi connectivity index (χ1n) is 6.41. The molecule has 3 N–H and O–H groups in total. The first kappa shape index (κ1) is 15.3. The summed E-state index contributed by atoms with van der Waals surface area (Å²) in [4.78, 5) is 0.249. The van der Waals surface area contributed by atoms with Crippen LogP contribution in [0.1, 0.15) is 11.1 Å². The highest BCUT2D eigenvalue weighted by Crippen LogP contribution is 2.21. The summed E-state index contributed by atoms with van der Waals surface area (Å²) < 4.78 is 32.3. The third-order valence-electron chi connectivity index (χ3n) is 3.12. The first-order chi connectivity index (χ1) is 9.92. The quantitative estimate of drug-likeness (QED) is 0.829. The molecule has 0 aliphatic heterocycles. The van der Waals surface area contributed by atoms with Crippen molar-refractivity contribution in [3.05, 3.63) is 53.6 Å². The highest BCUT2D eigenvalue weighted by Gasteiger charge is 2.16. The van der Waals surface area contributed by atoms with Gasteiger partial charge in [-0.05, 0) is 48.4 Å². The van der Waals surface area contributed by atoms with E-state index in [0.29, 0.717) is 17.0 Å². The maximum Gasteiger partial charge on any atom is 0.241 e. The van der Waals surface area contributed by atoms with E-state index >= 15 is 0 Å². The number of aryl methyl sites for hydroxylation is 1. The molecule has 5 nitrogen and oxygen atoms in total. The number of methoxy groups -OCH3 is 1. The highest BCUT2D eigenvalue weighted by atomic mass is 32.2. The van der Waals surface area contributed by atoms with E-state index in [9.17, 15) is 8.42 Å². The van der Waals surface area contributed by atoms with Crippen molar-refractivity contribution >= 4 is 15.7 Å². The number of benzene rings is 2. The number of nitrogen functional groups attached to an aromatic ring is 1. The lowest BCUT2D eigenvalue weighted by Crippen LogP contribution is -2.24. The fraction of sp³-hybridized carbons (Fsp3) is 0.200. The zero-order valence-electron chi connectivity index (χ0n) is 12.0. The number of ether oxygens (including phenoxy) is 1. The maximum absolute atomic E-state index is 12.3. The molecular formula is C15H18N2O3S. The first-order valence-corrected chi connectivity index (χ1v) is 7.89. The number of hydrogen-bond acceptors (Lipinski definition) is 4. The van der Waals surface area contributed by atoms with Crippen molar-refractivity contribution in [1.29, 1.82) is 0 Å². The number of anilines is 1. The standard InChI is InChI=1S/C15H18N2O3S/c1-11-9-14(20-2)7-8-15(11)21(18,19)17-10-12-3-5-13(16)6-4-12/h3-9,17H,10,16H2,1-2H3. The second-order valence-corrected chi connectivity index (χ2v) is 6.43. The van der Waals surface area contributed by atoms with Crippen LogP contribution in [0.3, 0.4) is 0 Å². The van der Waals surface area contributed by atoms with Gasteiger partial charge in [0.25, 0.3) is 0 Å². The minimum Gasteiger partial charge on any atom is -0.497 e. The smallest absolute Gasteiger partial charge is 0.241 e. The number of hydrogen-bond donors (Lipinski definition) is 2. The van der Waals surface area contributed by atoms with Crippen molar-refractivity contribution in [2.75, 3.05) is 12.8 Å². The lowest BCUT2D eigenvalue weighted by molar-refractivity contribution is 0.414. The molecule has 2 aromatic carbocycles. The van der Waals surface area contributed by atoms with E-state index in [1.54, 1.807) is 56.5 Å². The van der Waals surface area contributed by atoms with Crippen molar-refractivity contribution < 1.29 is 13.2 Å². The minimum atomic E-state index is -3.56. The maximum atomic E-state index is 12.3. The largest absolute Gasteiger partial charge is 0.497 e. The molecule has 0 bridgehead atoms. The van der Waals surface area contributed by atoms with Crippen LogP contribution in [-0.2, 0) is 16.6 Å². The lowest BCUT2D eigenvalue weighted by atomic mass is 10.2. The Kier molecular flexibility index (Phi) is 4.50. The molecule has 0 saturated heterocycles. The van der Waals surface area contributed by atoms with E-state index in [2.05, 4.69) is 4.72 Å². The van der Waals surface area contributed by atoms with Crippen molar-refractivity contribution in [1.82, 2.24) is 4.72 Å². The van der Waals surface area contributed by atoms with Crippen LogP contribution < -0.4 is 15.2 Å². The van der Waals surface area contributed by atoms with Gasteiger partial charge in [0.15, 0.2) is 0 Å². The van der Waals surface area contributed by atoms with E-state index < -0.39 is 10.0 Å². The van der Waals surface area contributed by atoms with E-state index in [1.165, 1.54) is 0 Å². The van der Waals surface area contributed by atoms with Crippen LogP contribution in [0.15, 0.2) is 47.4 Å². The van der Waals surface area contributed by atoms with E-state index in [0.717, 1.165) is 5.56 Å². The molecule has 0 atom stereocenters. The molecule has 0 heterocycles. The fourth-order valence-corrected chi connectivity index (χ4v) is 3.18. The van der Waals surface area contributed by atoms with Crippen molar-refractivity contribution in [2.45, 2.75) is 18.4 Å². The normalized spacial score (nSPS) is 11.3. The fourth-order valence-electron chi connectivity index (χ4n) is 1.94. The Balaban J connectivity index is 2.16. The Morgan fingerprint density at radius 2 is 1.81 bits per heavy atom. The van der Waals surface area contributed by atoms with Crippen LogP contribution in [0.4, 0.5) is 5.69 Å². The summed E-state index contributed by atoms with van der Waals surface area (Å²) in [5.41, 5.74) is 7.73. The van der Waals surface area contributed by atoms with Crippen LogP contribution in [0.25, 0.3) is 0 Å². The third-order valence-corrected chi connectivity index (χ3v) is 4.68. The van der Waals surface area contributed by atoms with Gasteiger partial charge in [-0.15, -0.1) is 0 Å². The monoisotopic (exact) mass is 306 g/mol. The molecule has 112 valence electrons. The van der Waals surface area contributed by atoms with Gasteiger partial charge in [0.2, 0.25) is 10.0 Å². The average Bonchev–Trinajstić information content (AvgIpc) is 2.46. The summed E-state index contributed by atoms with van der Waals surface area (Å²) >= 11 is 0. The van der Waals surface area contributed by atoms with E-state index in [4.69, 9.17) is 10.5 Å². The molecule has 6 heteroatoms. The number of rotatable bonds is 5. The summed E-state index contributed by atoms with van der Waals surface area (Å²) in [6, 6.07) is 11.9. The Morgan fingerprint density at radius 3 is 2.38 bits per heavy atom. The Bertz CT molecular complexity index is 725. The number of nitrogens with two attached hydrogens (primary N) is 1. The number of sulfonamides is 1. The van der Waals surface area contributed by atoms with Gasteiger partial charge in [-0.25, -0.2) is 13.1 Å². The zero-order valence-corrected chi connectivity index (χ0v) is 12.8. The molecule has 21 heavy (non-hydrogen) atoms. The van der Waals surface area contributed by atoms with Gasteiger partial charge in [0.1, 0.15) is 5.75 Å².